The van der Waals surface area contributed by atoms with Gasteiger partial charge in [0.05, 0.1) is 12.0 Å². The molecule has 1 aliphatic heterocycles. The molecule has 7 nitrogen and oxygen atoms in total. The average molecular weight is 337 g/mol. The van der Waals surface area contributed by atoms with Gasteiger partial charge in [-0.3, -0.25) is 9.59 Å². The minimum absolute atomic E-state index is 0.158. The zero-order valence-electron chi connectivity index (χ0n) is 14.3. The summed E-state index contributed by atoms with van der Waals surface area (Å²) in [5, 5.41) is 4.49. The lowest BCUT2D eigenvalue weighted by Crippen LogP contribution is -2.28. The molecule has 3 heterocycles. The summed E-state index contributed by atoms with van der Waals surface area (Å²) in [5.74, 6) is -0.158. The van der Waals surface area contributed by atoms with E-state index in [9.17, 15) is 9.59 Å². The molecule has 2 aromatic heterocycles. The molecule has 1 saturated heterocycles. The molecule has 0 bridgehead atoms. The van der Waals surface area contributed by atoms with E-state index in [2.05, 4.69) is 10.1 Å². The van der Waals surface area contributed by atoms with E-state index in [1.54, 1.807) is 11.9 Å². The maximum Gasteiger partial charge on any atom is 0.279 e. The quantitative estimate of drug-likeness (QED) is 0.713. The van der Waals surface area contributed by atoms with E-state index < -0.39 is 0 Å². The Balaban J connectivity index is 1.96. The smallest absolute Gasteiger partial charge is 0.279 e. The normalized spacial score (nSPS) is 14.4. The summed E-state index contributed by atoms with van der Waals surface area (Å²) in [6, 6.07) is 7.67. The second-order valence-electron chi connectivity index (χ2n) is 6.45. The van der Waals surface area contributed by atoms with Gasteiger partial charge < -0.3 is 9.47 Å². The van der Waals surface area contributed by atoms with E-state index >= 15 is 0 Å². The van der Waals surface area contributed by atoms with Crippen molar-refractivity contribution in [2.75, 3.05) is 13.1 Å². The SMILES string of the molecule is Cc1ccc(-n2nc(C(=O)N3CCCC3)c3ncn(C)c(=O)c32)cc1. The zero-order valence-corrected chi connectivity index (χ0v) is 14.3. The summed E-state index contributed by atoms with van der Waals surface area (Å²) < 4.78 is 2.94. The van der Waals surface area contributed by atoms with Crippen LogP contribution in [-0.2, 0) is 7.05 Å². The molecule has 1 amide bonds. The Morgan fingerprint density at radius 1 is 1.12 bits per heavy atom. The van der Waals surface area contributed by atoms with Gasteiger partial charge in [0.1, 0.15) is 5.52 Å². The lowest BCUT2D eigenvalue weighted by atomic mass is 10.2. The molecule has 0 N–H and O–H groups in total. The topological polar surface area (TPSA) is 73.0 Å². The van der Waals surface area contributed by atoms with Crippen LogP contribution in [0.15, 0.2) is 35.4 Å². The summed E-state index contributed by atoms with van der Waals surface area (Å²) in [6.45, 7) is 3.44. The first-order valence-electron chi connectivity index (χ1n) is 8.37. The van der Waals surface area contributed by atoms with Crippen molar-refractivity contribution in [1.29, 1.82) is 0 Å². The highest BCUT2D eigenvalue weighted by Crippen LogP contribution is 2.21. The van der Waals surface area contributed by atoms with Gasteiger partial charge >= 0.3 is 0 Å². The Labute approximate surface area is 144 Å². The van der Waals surface area contributed by atoms with Gasteiger partial charge in [-0.1, -0.05) is 17.7 Å². The number of benzene rings is 1. The molecule has 25 heavy (non-hydrogen) atoms. The van der Waals surface area contributed by atoms with E-state index in [0.717, 1.165) is 37.2 Å². The first-order valence-corrected chi connectivity index (χ1v) is 8.37. The molecule has 7 heteroatoms. The highest BCUT2D eigenvalue weighted by molar-refractivity contribution is 6.03. The third-order valence-corrected chi connectivity index (χ3v) is 4.62. The maximum atomic E-state index is 12.9. The van der Waals surface area contributed by atoms with E-state index in [4.69, 9.17) is 0 Å². The molecule has 3 aromatic rings. The number of carbonyl (C=O) groups is 1. The molecular weight excluding hydrogens is 318 g/mol. The van der Waals surface area contributed by atoms with Crippen molar-refractivity contribution in [2.45, 2.75) is 19.8 Å². The monoisotopic (exact) mass is 337 g/mol. The number of nitrogens with zero attached hydrogens (tertiary/aromatic N) is 5. The number of fused-ring (bicyclic) bond motifs is 1. The van der Waals surface area contributed by atoms with Crippen molar-refractivity contribution in [2.24, 2.45) is 7.05 Å². The minimum Gasteiger partial charge on any atom is -0.337 e. The molecule has 1 aromatic carbocycles. The Morgan fingerprint density at radius 2 is 1.80 bits per heavy atom. The van der Waals surface area contributed by atoms with E-state index in [1.165, 1.54) is 15.6 Å². The molecule has 0 radical (unpaired) electrons. The molecule has 0 unspecified atom stereocenters. The second-order valence-corrected chi connectivity index (χ2v) is 6.45. The Bertz CT molecular complexity index is 1010. The van der Waals surface area contributed by atoms with Gasteiger partial charge in [0.15, 0.2) is 11.2 Å². The molecule has 128 valence electrons. The first kappa shape index (κ1) is 15.6. The third kappa shape index (κ3) is 2.52. The van der Waals surface area contributed by atoms with Crippen LogP contribution < -0.4 is 5.56 Å². The van der Waals surface area contributed by atoms with Crippen LogP contribution in [0.5, 0.6) is 0 Å². The van der Waals surface area contributed by atoms with E-state index in [-0.39, 0.29) is 17.2 Å². The Kier molecular flexibility index (Phi) is 3.63. The molecule has 1 fully saturated rings. The van der Waals surface area contributed by atoms with Crippen molar-refractivity contribution >= 4 is 16.9 Å². The van der Waals surface area contributed by atoms with Crippen LogP contribution in [0, 0.1) is 6.92 Å². The van der Waals surface area contributed by atoms with Crippen LogP contribution >= 0.6 is 0 Å². The lowest BCUT2D eigenvalue weighted by molar-refractivity contribution is 0.0788. The van der Waals surface area contributed by atoms with Gasteiger partial charge in [0.2, 0.25) is 0 Å². The van der Waals surface area contributed by atoms with Gasteiger partial charge in [0.25, 0.3) is 11.5 Å². The number of likely N-dealkylation sites (tertiary alicyclic amines) is 1. The Hall–Kier alpha value is -2.96. The molecule has 0 atom stereocenters. The van der Waals surface area contributed by atoms with Gasteiger partial charge in [0, 0.05) is 20.1 Å². The maximum absolute atomic E-state index is 12.9. The van der Waals surface area contributed by atoms with Crippen molar-refractivity contribution < 1.29 is 4.79 Å². The predicted molar refractivity (Wildman–Crippen MR) is 94.0 cm³/mol. The van der Waals surface area contributed by atoms with Crippen molar-refractivity contribution in [3.8, 4) is 5.69 Å². The van der Waals surface area contributed by atoms with Crippen molar-refractivity contribution in [1.82, 2.24) is 24.2 Å². The molecule has 0 aliphatic carbocycles. The highest BCUT2D eigenvalue weighted by atomic mass is 16.2. The summed E-state index contributed by atoms with van der Waals surface area (Å²) in [7, 11) is 1.64. The van der Waals surface area contributed by atoms with E-state index in [1.807, 2.05) is 31.2 Å². The zero-order chi connectivity index (χ0) is 17.6. The molecule has 0 spiro atoms. The number of carbonyl (C=O) groups excluding carboxylic acids is 1. The molecular formula is C18H19N5O2. The van der Waals surface area contributed by atoms with Crippen LogP contribution in [0.1, 0.15) is 28.9 Å². The van der Waals surface area contributed by atoms with E-state index in [0.29, 0.717) is 11.0 Å². The minimum atomic E-state index is -0.224. The number of hydrogen-bond acceptors (Lipinski definition) is 4. The van der Waals surface area contributed by atoms with Crippen molar-refractivity contribution in [3.05, 3.63) is 52.2 Å². The number of rotatable bonds is 2. The fraction of sp³-hybridized carbons (Fsp3) is 0.333. The van der Waals surface area contributed by atoms with Gasteiger partial charge in [-0.25, -0.2) is 9.67 Å². The third-order valence-electron chi connectivity index (χ3n) is 4.62. The first-order chi connectivity index (χ1) is 12.1. The number of hydrogen-bond donors (Lipinski definition) is 0. The largest absolute Gasteiger partial charge is 0.337 e. The summed E-state index contributed by atoms with van der Waals surface area (Å²) in [5.41, 5.74) is 2.56. The number of aromatic nitrogens is 4. The second kappa shape index (κ2) is 5.84. The average Bonchev–Trinajstić information content (AvgIpc) is 3.26. The standard InChI is InChI=1S/C18H19N5O2/c1-12-5-7-13(8-6-12)23-16-14(19-11-21(2)18(16)25)15(20-23)17(24)22-9-3-4-10-22/h5-8,11H,3-4,9-10H2,1-2H3. The van der Waals surface area contributed by atoms with Crippen LogP contribution in [0.2, 0.25) is 0 Å². The van der Waals surface area contributed by atoms with Crippen LogP contribution in [0.3, 0.4) is 0 Å². The molecule has 4 rings (SSSR count). The highest BCUT2D eigenvalue weighted by Gasteiger charge is 2.27. The molecule has 0 saturated carbocycles. The van der Waals surface area contributed by atoms with Gasteiger partial charge in [-0.05, 0) is 31.9 Å². The fourth-order valence-corrected chi connectivity index (χ4v) is 3.17. The summed E-state index contributed by atoms with van der Waals surface area (Å²) in [4.78, 5) is 31.6. The van der Waals surface area contributed by atoms with Crippen LogP contribution in [0.25, 0.3) is 16.7 Å². The predicted octanol–water partition coefficient (Wildman–Crippen LogP) is 1.66. The number of amides is 1. The molecule has 1 aliphatic rings. The fourth-order valence-electron chi connectivity index (χ4n) is 3.17. The summed E-state index contributed by atoms with van der Waals surface area (Å²) in [6.07, 6.45) is 3.43. The lowest BCUT2D eigenvalue weighted by Gasteiger charge is -2.13. The summed E-state index contributed by atoms with van der Waals surface area (Å²) >= 11 is 0. The van der Waals surface area contributed by atoms with Crippen molar-refractivity contribution in [3.63, 3.8) is 0 Å². The number of aryl methyl sites for hydroxylation is 2. The van der Waals surface area contributed by atoms with Gasteiger partial charge in [-0.2, -0.15) is 5.10 Å². The van der Waals surface area contributed by atoms with Gasteiger partial charge in [-0.15, -0.1) is 0 Å². The van der Waals surface area contributed by atoms with Crippen LogP contribution in [0.4, 0.5) is 0 Å². The Morgan fingerprint density at radius 3 is 2.48 bits per heavy atom. The van der Waals surface area contributed by atoms with Crippen LogP contribution in [-0.4, -0.2) is 43.2 Å².